The van der Waals surface area contributed by atoms with Crippen molar-refractivity contribution in [3.8, 4) is 0 Å². The number of amides is 1. The van der Waals surface area contributed by atoms with Crippen LogP contribution in [-0.2, 0) is 17.8 Å². The Morgan fingerprint density at radius 3 is 2.44 bits per heavy atom. The quantitative estimate of drug-likeness (QED) is 0.727. The van der Waals surface area contributed by atoms with Crippen molar-refractivity contribution >= 4 is 33.0 Å². The normalized spacial score (nSPS) is 16.1. The van der Waals surface area contributed by atoms with E-state index in [-0.39, 0.29) is 10.4 Å². The Hall–Kier alpha value is -2.57. The molecule has 140 valence electrons. The summed E-state index contributed by atoms with van der Waals surface area (Å²) in [5.41, 5.74) is 3.47. The zero-order chi connectivity index (χ0) is 19.2. The zero-order valence-corrected chi connectivity index (χ0v) is 16.3. The van der Waals surface area contributed by atoms with Crippen LogP contribution in [0.15, 0.2) is 60.8 Å². The van der Waals surface area contributed by atoms with Crippen LogP contribution in [0.2, 0.25) is 0 Å². The second-order valence-corrected chi connectivity index (χ2v) is 7.37. The van der Waals surface area contributed by atoms with Crippen LogP contribution in [0.4, 0.5) is 4.79 Å². The number of thioether (sulfide) groups is 1. The van der Waals surface area contributed by atoms with Gasteiger partial charge in [-0.1, -0.05) is 42.5 Å². The SMILES string of the molecule is CNC.O=C1NC(Cc2cccc3c2ccn3Cc2ccccc2)C(=O)S1. The van der Waals surface area contributed by atoms with Crippen molar-refractivity contribution < 1.29 is 9.59 Å². The average molecular weight is 382 g/mol. The maximum atomic E-state index is 11.8. The van der Waals surface area contributed by atoms with Crippen LogP contribution < -0.4 is 10.6 Å². The van der Waals surface area contributed by atoms with E-state index in [1.807, 2.05) is 44.4 Å². The van der Waals surface area contributed by atoms with Crippen LogP contribution in [0.25, 0.3) is 10.9 Å². The van der Waals surface area contributed by atoms with Crippen molar-refractivity contribution in [1.82, 2.24) is 15.2 Å². The molecule has 1 unspecified atom stereocenters. The lowest BCUT2D eigenvalue weighted by atomic mass is 10.0. The standard InChI is InChI=1S/C19H16N2O2S.C2H7N/c22-18-16(20-19(23)24-18)11-14-7-4-8-17-15(14)9-10-21(17)12-13-5-2-1-3-6-13;1-3-2/h1-10,16H,11-12H2,(H,20,23);3H,1-2H3. The van der Waals surface area contributed by atoms with E-state index >= 15 is 0 Å². The molecular formula is C21H23N3O2S. The number of nitrogens with zero attached hydrogens (tertiary/aromatic N) is 1. The minimum Gasteiger partial charge on any atom is -0.343 e. The molecule has 2 heterocycles. The summed E-state index contributed by atoms with van der Waals surface area (Å²) in [6.07, 6.45) is 2.61. The predicted molar refractivity (Wildman–Crippen MR) is 111 cm³/mol. The van der Waals surface area contributed by atoms with Gasteiger partial charge in [-0.05, 0) is 37.4 Å². The average Bonchev–Trinajstić information content (AvgIpc) is 3.20. The van der Waals surface area contributed by atoms with Crippen molar-refractivity contribution in [1.29, 1.82) is 0 Å². The smallest absolute Gasteiger partial charge is 0.287 e. The lowest BCUT2D eigenvalue weighted by Gasteiger charge is -2.10. The third-order valence-corrected chi connectivity index (χ3v) is 5.08. The minimum atomic E-state index is -0.425. The molecule has 4 rings (SSSR count). The third-order valence-electron chi connectivity index (χ3n) is 4.29. The summed E-state index contributed by atoms with van der Waals surface area (Å²) < 4.78 is 2.21. The van der Waals surface area contributed by atoms with Gasteiger partial charge >= 0.3 is 0 Å². The zero-order valence-electron chi connectivity index (χ0n) is 15.4. The number of carbonyl (C=O) groups excluding carboxylic acids is 2. The number of rotatable bonds is 4. The molecule has 0 saturated carbocycles. The molecule has 0 spiro atoms. The van der Waals surface area contributed by atoms with Crippen molar-refractivity contribution in [2.45, 2.75) is 19.0 Å². The van der Waals surface area contributed by atoms with E-state index in [0.29, 0.717) is 6.42 Å². The number of nitrogens with one attached hydrogen (secondary N) is 2. The Labute approximate surface area is 163 Å². The van der Waals surface area contributed by atoms with E-state index in [2.05, 4.69) is 45.7 Å². The van der Waals surface area contributed by atoms with Gasteiger partial charge in [-0.25, -0.2) is 0 Å². The van der Waals surface area contributed by atoms with Gasteiger partial charge in [0.2, 0.25) is 5.12 Å². The van der Waals surface area contributed by atoms with Crippen LogP contribution in [-0.4, -0.2) is 35.1 Å². The number of benzene rings is 2. The van der Waals surface area contributed by atoms with E-state index in [4.69, 9.17) is 0 Å². The molecule has 0 bridgehead atoms. The van der Waals surface area contributed by atoms with Crippen molar-refractivity contribution in [3.63, 3.8) is 0 Å². The summed E-state index contributed by atoms with van der Waals surface area (Å²) in [7, 11) is 3.75. The number of fused-ring (bicyclic) bond motifs is 1. The van der Waals surface area contributed by atoms with Crippen LogP contribution >= 0.6 is 11.8 Å². The summed E-state index contributed by atoms with van der Waals surface area (Å²) in [6.45, 7) is 0.808. The molecular weight excluding hydrogens is 358 g/mol. The van der Waals surface area contributed by atoms with Crippen molar-refractivity contribution in [2.75, 3.05) is 14.1 Å². The molecule has 1 aliphatic heterocycles. The largest absolute Gasteiger partial charge is 0.343 e. The van der Waals surface area contributed by atoms with E-state index < -0.39 is 6.04 Å². The molecule has 5 nitrogen and oxygen atoms in total. The first-order valence-electron chi connectivity index (χ1n) is 8.83. The molecule has 1 atom stereocenters. The number of carbonyl (C=O) groups is 2. The fourth-order valence-corrected chi connectivity index (χ4v) is 3.80. The Balaban J connectivity index is 0.000000659. The van der Waals surface area contributed by atoms with Gasteiger partial charge in [-0.2, -0.15) is 0 Å². The lowest BCUT2D eigenvalue weighted by molar-refractivity contribution is -0.112. The molecule has 0 radical (unpaired) electrons. The highest BCUT2D eigenvalue weighted by Crippen LogP contribution is 2.25. The first-order valence-corrected chi connectivity index (χ1v) is 9.65. The van der Waals surface area contributed by atoms with Crippen LogP contribution in [0.3, 0.4) is 0 Å². The molecule has 1 aliphatic rings. The van der Waals surface area contributed by atoms with E-state index in [9.17, 15) is 9.59 Å². The summed E-state index contributed by atoms with van der Waals surface area (Å²) in [5.74, 6) is 0. The summed E-state index contributed by atoms with van der Waals surface area (Å²) >= 11 is 0.766. The Morgan fingerprint density at radius 2 is 1.78 bits per heavy atom. The van der Waals surface area contributed by atoms with Crippen LogP contribution in [0, 0.1) is 0 Å². The molecule has 27 heavy (non-hydrogen) atoms. The van der Waals surface area contributed by atoms with Gasteiger partial charge in [-0.15, -0.1) is 0 Å². The van der Waals surface area contributed by atoms with Gasteiger partial charge < -0.3 is 15.2 Å². The Kier molecular flexibility index (Phi) is 6.32. The molecule has 2 aromatic carbocycles. The second kappa shape index (κ2) is 8.88. The monoisotopic (exact) mass is 381 g/mol. The first kappa shape index (κ1) is 19.2. The maximum Gasteiger partial charge on any atom is 0.287 e. The molecule has 1 fully saturated rings. The molecule has 0 aliphatic carbocycles. The van der Waals surface area contributed by atoms with Crippen molar-refractivity contribution in [3.05, 3.63) is 71.9 Å². The third kappa shape index (κ3) is 4.59. The van der Waals surface area contributed by atoms with Gasteiger partial charge in [-0.3, -0.25) is 9.59 Å². The fourth-order valence-electron chi connectivity index (χ4n) is 3.13. The molecule has 3 aromatic rings. The summed E-state index contributed by atoms with van der Waals surface area (Å²) in [6, 6.07) is 18.1. The fraction of sp³-hybridized carbons (Fsp3) is 0.238. The van der Waals surface area contributed by atoms with E-state index in [1.165, 1.54) is 5.56 Å². The van der Waals surface area contributed by atoms with E-state index in [1.54, 1.807) is 0 Å². The predicted octanol–water partition coefficient (Wildman–Crippen LogP) is 3.42. The molecule has 1 aromatic heterocycles. The molecule has 1 amide bonds. The van der Waals surface area contributed by atoms with Gasteiger partial charge in [0.25, 0.3) is 5.24 Å². The van der Waals surface area contributed by atoms with Crippen LogP contribution in [0.1, 0.15) is 11.1 Å². The van der Waals surface area contributed by atoms with Gasteiger partial charge in [0, 0.05) is 41.8 Å². The Morgan fingerprint density at radius 1 is 1.04 bits per heavy atom. The summed E-state index contributed by atoms with van der Waals surface area (Å²) in [5, 5.41) is 6.27. The Bertz CT molecular complexity index is 937. The highest BCUT2D eigenvalue weighted by Gasteiger charge is 2.31. The molecule has 2 N–H and O–H groups in total. The maximum absolute atomic E-state index is 11.8. The minimum absolute atomic E-state index is 0.0966. The topological polar surface area (TPSA) is 63.1 Å². The molecule has 1 saturated heterocycles. The highest BCUT2D eigenvalue weighted by atomic mass is 32.2. The second-order valence-electron chi connectivity index (χ2n) is 6.39. The van der Waals surface area contributed by atoms with Gasteiger partial charge in [0.1, 0.15) is 6.04 Å². The van der Waals surface area contributed by atoms with E-state index in [0.717, 1.165) is 34.8 Å². The number of hydrogen-bond acceptors (Lipinski definition) is 4. The van der Waals surface area contributed by atoms with Crippen molar-refractivity contribution in [2.24, 2.45) is 0 Å². The number of hydrogen-bond donors (Lipinski definition) is 2. The number of aromatic nitrogens is 1. The summed E-state index contributed by atoms with van der Waals surface area (Å²) in [4.78, 5) is 23.2. The highest BCUT2D eigenvalue weighted by molar-refractivity contribution is 8.26. The first-order chi connectivity index (χ1) is 13.1. The van der Waals surface area contributed by atoms with Gasteiger partial charge in [0.15, 0.2) is 0 Å². The van der Waals surface area contributed by atoms with Gasteiger partial charge in [0.05, 0.1) is 0 Å². The lowest BCUT2D eigenvalue weighted by Crippen LogP contribution is -2.30. The van der Waals surface area contributed by atoms with Crippen LogP contribution in [0.5, 0.6) is 0 Å². The molecule has 6 heteroatoms.